The Morgan fingerprint density at radius 1 is 0.886 bits per heavy atom. The Morgan fingerprint density at radius 3 is 2.20 bits per heavy atom. The molecular weight excluding hydrogens is 569 g/mol. The molecule has 0 aromatic carbocycles. The molecule has 11 heteroatoms. The van der Waals surface area contributed by atoms with Gasteiger partial charge in [0, 0.05) is 36.7 Å². The second-order valence-electron chi connectivity index (χ2n) is 8.44. The van der Waals surface area contributed by atoms with Crippen LogP contribution in [0.1, 0.15) is 25.1 Å². The lowest BCUT2D eigenvalue weighted by Crippen LogP contribution is -2.29. The average molecular weight is 590 g/mol. The van der Waals surface area contributed by atoms with Gasteiger partial charge in [-0.05, 0) is 102 Å². The maximum Gasteiger partial charge on any atom is 0.0808 e. The highest BCUT2D eigenvalue weighted by Gasteiger charge is 2.22. The lowest BCUT2D eigenvalue weighted by Gasteiger charge is -2.14. The van der Waals surface area contributed by atoms with E-state index in [1.54, 1.807) is 0 Å². The lowest BCUT2D eigenvalue weighted by atomic mass is 10.1. The summed E-state index contributed by atoms with van der Waals surface area (Å²) in [7, 11) is 3.14. The van der Waals surface area contributed by atoms with Gasteiger partial charge in [-0.1, -0.05) is 16.6 Å². The van der Waals surface area contributed by atoms with Crippen LogP contribution in [0.2, 0.25) is 0 Å². The first-order chi connectivity index (χ1) is 16.5. The van der Waals surface area contributed by atoms with E-state index in [0.29, 0.717) is 5.70 Å². The molecule has 0 atom stereocenters. The third-order valence-corrected chi connectivity index (χ3v) is 10.6. The summed E-state index contributed by atoms with van der Waals surface area (Å²) in [4.78, 5) is 11.5. The Balaban J connectivity index is 1.99. The molecule has 0 amide bonds. The van der Waals surface area contributed by atoms with Crippen LogP contribution >= 0.6 is 11.7 Å². The normalized spacial score (nSPS) is 17.8. The molecule has 0 radical (unpaired) electrons. The molecule has 3 aliphatic rings. The maximum atomic E-state index is 5.75. The number of aromatic nitrogens is 2. The predicted octanol–water partition coefficient (Wildman–Crippen LogP) is 3.24. The highest BCUT2D eigenvalue weighted by molar-refractivity contribution is 8.96. The van der Waals surface area contributed by atoms with Gasteiger partial charge < -0.3 is 17.1 Å². The van der Waals surface area contributed by atoms with E-state index in [1.165, 1.54) is 0 Å². The summed E-state index contributed by atoms with van der Waals surface area (Å²) < 4.78 is 4.16. The molecule has 0 N–H and O–H groups in total. The Labute approximate surface area is 230 Å². The number of nitrogens with zero attached hydrogens (tertiary/aromatic N) is 4. The fraction of sp³-hybridized carbons (Fsp3) is 0.167. The summed E-state index contributed by atoms with van der Waals surface area (Å²) in [6.45, 7) is 4.17. The molecule has 3 aliphatic heterocycles. The third-order valence-electron chi connectivity index (χ3n) is 6.35. The molecule has 2 aromatic heterocycles. The summed E-state index contributed by atoms with van der Waals surface area (Å²) in [5, 5.41) is 2.00. The van der Waals surface area contributed by atoms with Gasteiger partial charge in [0.15, 0.2) is 0 Å². The molecule has 5 rings (SSSR count). The summed E-state index contributed by atoms with van der Waals surface area (Å²) in [6.07, 6.45) is 7.86. The Bertz CT molecular complexity index is 1820. The SMILES string of the molecule is CC1=C2C=CC(=N2)C(C)=c2ccc(n2C)=C([S-](=S)=S)C2=NC(=C(S(=S)(=S)S)c3cc1cn3C)C=C2. The molecule has 2 aromatic rings. The molecule has 0 saturated carbocycles. The minimum Gasteiger partial charge on any atom is -0.349 e. The first-order valence-electron chi connectivity index (χ1n) is 10.6. The second kappa shape index (κ2) is 9.13. The maximum absolute atomic E-state index is 5.75. The van der Waals surface area contributed by atoms with Crippen LogP contribution in [0.3, 0.4) is 0 Å². The molecule has 4 nitrogen and oxygen atoms in total. The van der Waals surface area contributed by atoms with Gasteiger partial charge in [-0.3, -0.25) is 22.4 Å². The number of aryl methyl sites for hydroxylation is 1. The summed E-state index contributed by atoms with van der Waals surface area (Å²) in [5.41, 5.74) is 7.43. The van der Waals surface area contributed by atoms with E-state index in [1.807, 2.05) is 30.8 Å². The second-order valence-corrected chi connectivity index (χ2v) is 20.1. The van der Waals surface area contributed by atoms with Crippen molar-refractivity contribution in [2.24, 2.45) is 24.1 Å². The zero-order valence-corrected chi connectivity index (χ0v) is 25.1. The molecule has 0 aliphatic carbocycles. The van der Waals surface area contributed by atoms with Crippen molar-refractivity contribution < 1.29 is 0 Å². The molecular formula is C24H21N4S7-. The highest BCUT2D eigenvalue weighted by Crippen LogP contribution is 2.35. The topological polar surface area (TPSA) is 34.6 Å². The number of fused-ring (bicyclic) bond motifs is 6. The van der Waals surface area contributed by atoms with Crippen LogP contribution < -0.4 is 10.7 Å². The van der Waals surface area contributed by atoms with Crippen LogP contribution in [-0.4, -0.2) is 20.6 Å². The van der Waals surface area contributed by atoms with Crippen molar-refractivity contribution >= 4 is 103 Å². The van der Waals surface area contributed by atoms with Gasteiger partial charge in [-0.15, -0.1) is 0 Å². The van der Waals surface area contributed by atoms with E-state index in [9.17, 15) is 0 Å². The van der Waals surface area contributed by atoms with Crippen LogP contribution in [-0.2, 0) is 73.0 Å². The molecule has 8 bridgehead atoms. The minimum absolute atomic E-state index is 0.714. The van der Waals surface area contributed by atoms with Gasteiger partial charge >= 0.3 is 0 Å². The van der Waals surface area contributed by atoms with Gasteiger partial charge in [0.25, 0.3) is 0 Å². The highest BCUT2D eigenvalue weighted by atomic mass is 33.5. The first-order valence-corrected chi connectivity index (χ1v) is 18.2. The number of hydrogen-bond donors (Lipinski definition) is 1. The number of rotatable bonds is 2. The van der Waals surface area contributed by atoms with Crippen molar-refractivity contribution in [1.29, 1.82) is 0 Å². The fourth-order valence-electron chi connectivity index (χ4n) is 4.48. The van der Waals surface area contributed by atoms with E-state index in [4.69, 9.17) is 66.4 Å². The predicted molar refractivity (Wildman–Crippen MR) is 168 cm³/mol. The molecule has 0 unspecified atom stereocenters. The van der Waals surface area contributed by atoms with Crippen molar-refractivity contribution in [3.8, 4) is 0 Å². The van der Waals surface area contributed by atoms with Gasteiger partial charge in [-0.2, -0.15) is 0 Å². The van der Waals surface area contributed by atoms with Crippen molar-refractivity contribution in [1.82, 2.24) is 9.13 Å². The van der Waals surface area contributed by atoms with E-state index < -0.39 is 14.2 Å². The monoisotopic (exact) mass is 589 g/mol. The molecule has 0 saturated heterocycles. The first kappa shape index (κ1) is 25.2. The van der Waals surface area contributed by atoms with Crippen LogP contribution in [0.15, 0.2) is 70.1 Å². The van der Waals surface area contributed by atoms with Gasteiger partial charge in [0.1, 0.15) is 0 Å². The number of thiol groups is 1. The number of hydrogen-bond acceptors (Lipinski definition) is 7. The zero-order valence-electron chi connectivity index (χ0n) is 19.3. The van der Waals surface area contributed by atoms with E-state index in [-0.39, 0.29) is 0 Å². The number of allylic oxidation sites excluding steroid dienone is 5. The lowest BCUT2D eigenvalue weighted by molar-refractivity contribution is 0.857. The summed E-state index contributed by atoms with van der Waals surface area (Å²) in [5.74, 6) is 0. The molecule has 180 valence electrons. The Hall–Kier alpha value is -1.47. The van der Waals surface area contributed by atoms with E-state index >= 15 is 0 Å². The van der Waals surface area contributed by atoms with E-state index in [2.05, 4.69) is 55.0 Å². The van der Waals surface area contributed by atoms with Crippen LogP contribution in [0.4, 0.5) is 0 Å². The van der Waals surface area contributed by atoms with Crippen molar-refractivity contribution in [2.45, 2.75) is 13.8 Å². The fourth-order valence-corrected chi connectivity index (χ4v) is 8.60. The van der Waals surface area contributed by atoms with Crippen molar-refractivity contribution in [3.63, 3.8) is 0 Å². The summed E-state index contributed by atoms with van der Waals surface area (Å²) >= 11 is 27.5. The van der Waals surface area contributed by atoms with Crippen LogP contribution in [0.25, 0.3) is 21.0 Å². The smallest absolute Gasteiger partial charge is 0.0808 e. The van der Waals surface area contributed by atoms with Gasteiger partial charge in [0.05, 0.1) is 27.7 Å². The molecule has 0 spiro atoms. The van der Waals surface area contributed by atoms with Gasteiger partial charge in [0.2, 0.25) is 0 Å². The van der Waals surface area contributed by atoms with Gasteiger partial charge in [-0.25, -0.2) is 9.98 Å². The van der Waals surface area contributed by atoms with Crippen molar-refractivity contribution in [2.75, 3.05) is 0 Å². The standard InChI is InChI=1S/C24H21N4S7/c1-13-15-11-22(27(3)12-15)24(35(31,32)33)19-8-7-18(26-19)23(34(29)30)21-10-9-20(28(21)4)14(2)17-6-5-16(13)25-17/h5-12H,1-4H3,(H,31,32,33)/q-1. The van der Waals surface area contributed by atoms with Crippen LogP contribution in [0, 0.1) is 0 Å². The number of aliphatic imine (C=N–C) groups is 2. The molecule has 5 heterocycles. The Kier molecular flexibility index (Phi) is 6.57. The van der Waals surface area contributed by atoms with Crippen molar-refractivity contribution in [3.05, 3.63) is 82.0 Å². The minimum atomic E-state index is -2.26. The van der Waals surface area contributed by atoms with Crippen LogP contribution in [0.5, 0.6) is 0 Å². The quantitative estimate of drug-likeness (QED) is 0.332. The molecule has 0 fully saturated rings. The van der Waals surface area contributed by atoms with E-state index in [0.717, 1.165) is 60.0 Å². The summed E-state index contributed by atoms with van der Waals surface area (Å²) in [6, 6.07) is 6.25. The zero-order chi connectivity index (χ0) is 25.2. The largest absolute Gasteiger partial charge is 0.349 e. The average Bonchev–Trinajstić information content (AvgIpc) is 3.55. The third kappa shape index (κ3) is 4.35. The Morgan fingerprint density at radius 2 is 1.51 bits per heavy atom. The molecule has 35 heavy (non-hydrogen) atoms.